The van der Waals surface area contributed by atoms with Gasteiger partial charge in [0, 0.05) is 0 Å². The maximum atomic E-state index is 7.13. The van der Waals surface area contributed by atoms with E-state index >= 15 is 0 Å². The molecule has 0 aliphatic carbocycles. The third-order valence-corrected chi connectivity index (χ3v) is 26.8. The van der Waals surface area contributed by atoms with Crippen molar-refractivity contribution >= 4 is 115 Å². The summed E-state index contributed by atoms with van der Waals surface area (Å²) in [6.45, 7) is 5.66. The predicted octanol–water partition coefficient (Wildman–Crippen LogP) is 1.07. The number of aromatic nitrogens is 1. The van der Waals surface area contributed by atoms with Gasteiger partial charge in [0.05, 0.1) is 0 Å². The number of para-hydroxylation sites is 3. The van der Waals surface area contributed by atoms with E-state index in [1.54, 1.807) is 5.30 Å². The van der Waals surface area contributed by atoms with Crippen LogP contribution in [-0.2, 0) is 0 Å². The molecule has 165 valence electrons. The Hall–Kier alpha value is -2.12. The van der Waals surface area contributed by atoms with Crippen LogP contribution in [0, 0.1) is 0 Å². The molecule has 10 heterocycles. The van der Waals surface area contributed by atoms with E-state index in [0.29, 0.717) is 0 Å². The van der Waals surface area contributed by atoms with Gasteiger partial charge in [0.25, 0.3) is 0 Å². The Morgan fingerprint density at radius 3 is 2.45 bits per heavy atom. The van der Waals surface area contributed by atoms with Crippen LogP contribution in [0.4, 0.5) is 0 Å². The third kappa shape index (κ3) is 1.49. The molecule has 0 unspecified atom stereocenters. The molecule has 9 aliphatic rings. The van der Waals surface area contributed by atoms with E-state index in [0.717, 1.165) is 36.8 Å². The summed E-state index contributed by atoms with van der Waals surface area (Å²) < 4.78 is 9.62. The van der Waals surface area contributed by atoms with Crippen molar-refractivity contribution in [3.05, 3.63) is 78.9 Å². The van der Waals surface area contributed by atoms with Gasteiger partial charge in [0.1, 0.15) is 0 Å². The Morgan fingerprint density at radius 1 is 0.842 bits per heavy atom. The number of benzene rings is 4. The van der Waals surface area contributed by atoms with Gasteiger partial charge in [-0.3, -0.25) is 0 Å². The fourth-order valence-electron chi connectivity index (χ4n) is 10.2. The molecule has 5 radical (unpaired) electrons. The zero-order valence-corrected chi connectivity index (χ0v) is 22.2. The first kappa shape index (κ1) is 19.0. The fourth-order valence-corrected chi connectivity index (χ4v) is 29.5. The summed E-state index contributed by atoms with van der Waals surface area (Å²) in [5.41, 5.74) is 8.05. The Kier molecular flexibility index (Phi) is 2.48. The molecule has 2 bridgehead atoms. The Bertz CT molecular complexity index is 2120. The van der Waals surface area contributed by atoms with E-state index in [4.69, 9.17) is 4.74 Å². The van der Waals surface area contributed by atoms with Gasteiger partial charge in [-0.1, -0.05) is 0 Å². The van der Waals surface area contributed by atoms with Crippen molar-refractivity contribution in [3.63, 3.8) is 0 Å². The first-order chi connectivity index (χ1) is 18.7. The van der Waals surface area contributed by atoms with Crippen molar-refractivity contribution in [2.75, 3.05) is 0 Å². The summed E-state index contributed by atoms with van der Waals surface area (Å²) >= 11 is 0. The summed E-state index contributed by atoms with van der Waals surface area (Å²) in [5.74, 6) is 2.26. The van der Waals surface area contributed by atoms with Gasteiger partial charge in [0.15, 0.2) is 0 Å². The summed E-state index contributed by atoms with van der Waals surface area (Å²) in [6, 6.07) is 29.7. The molecule has 14 rings (SSSR count). The van der Waals surface area contributed by atoms with Crippen LogP contribution in [-0.4, -0.2) is 63.2 Å². The zero-order chi connectivity index (χ0) is 24.0. The quantitative estimate of drug-likeness (QED) is 0.287. The molecule has 38 heavy (non-hydrogen) atoms. The van der Waals surface area contributed by atoms with E-state index in [2.05, 4.69) is 109 Å². The van der Waals surface area contributed by atoms with Crippen LogP contribution in [0.5, 0.6) is 11.5 Å². The van der Waals surface area contributed by atoms with Crippen LogP contribution in [0.3, 0.4) is 0 Å². The van der Waals surface area contributed by atoms with E-state index < -0.39 is 12.7 Å². The van der Waals surface area contributed by atoms with Crippen molar-refractivity contribution in [3.8, 4) is 17.2 Å². The molecule has 7 saturated heterocycles. The minimum absolute atomic E-state index is 0.205. The van der Waals surface area contributed by atoms with E-state index in [1.165, 1.54) is 49.6 Å². The molecule has 0 atom stereocenters. The SMILES string of the molecule is [B]1B2B3[B-]P123NP12(c3cccc4c3Oc3ccc5c6ccccc6n6c5c3B4c3ccccc3-6)B3[B-]B1B32. The van der Waals surface area contributed by atoms with Gasteiger partial charge < -0.3 is 0 Å². The summed E-state index contributed by atoms with van der Waals surface area (Å²) in [4.78, 5) is 4.63. The van der Waals surface area contributed by atoms with Gasteiger partial charge in [0.2, 0.25) is 0 Å². The van der Waals surface area contributed by atoms with Gasteiger partial charge in [-0.05, 0) is 0 Å². The molecule has 0 saturated carbocycles. The number of hydrogen-bond acceptors (Lipinski definition) is 2. The first-order valence-electron chi connectivity index (χ1n) is 14.1. The number of hydrogen-bond donors (Lipinski definition) is 1. The standard InChI is InChI=1S/C24H14B9N2OP2/c1-3-9-18-14(6-1)15-12-13-20-22-23(15)35(18)19-10-4-2-7-16(19)28(22)17-8-5-11-21(24(17)36-20)37(29-25-30(37)33(29)37)34-38-26-31(38)32(38)27-38/h1-13,34H/q-2. The Balaban J connectivity index is 1.13. The second kappa shape index (κ2) is 4.96. The van der Waals surface area contributed by atoms with Crippen molar-refractivity contribution in [1.82, 2.24) is 9.42 Å². The fraction of sp³-hybridized carbons (Fsp3) is 0. The number of nitrogens with one attached hydrogen (secondary N) is 1. The summed E-state index contributed by atoms with van der Waals surface area (Å²) in [6.07, 6.45) is 0.790. The van der Waals surface area contributed by atoms with Crippen molar-refractivity contribution in [2.45, 2.75) is 0 Å². The second-order valence-electron chi connectivity index (χ2n) is 13.3. The van der Waals surface area contributed by atoms with Gasteiger partial charge in [-0.2, -0.15) is 0 Å². The number of ether oxygens (including phenoxy) is 1. The number of nitrogens with zero attached hydrogens (tertiary/aromatic N) is 1. The third-order valence-electron chi connectivity index (χ3n) is 12.4. The molecule has 1 aromatic heterocycles. The van der Waals surface area contributed by atoms with Crippen LogP contribution in [0.1, 0.15) is 0 Å². The number of fused-ring (bicyclic) bond motifs is 9. The van der Waals surface area contributed by atoms with Crippen LogP contribution in [0.15, 0.2) is 78.9 Å². The zero-order valence-electron chi connectivity index (χ0n) is 20.5. The van der Waals surface area contributed by atoms with Crippen molar-refractivity contribution < 1.29 is 4.74 Å². The van der Waals surface area contributed by atoms with Crippen LogP contribution < -0.4 is 31.3 Å². The van der Waals surface area contributed by atoms with Crippen LogP contribution >= 0.6 is 12.7 Å². The first-order valence-corrected chi connectivity index (χ1v) is 19.0. The van der Waals surface area contributed by atoms with Crippen LogP contribution in [0.2, 0.25) is 0 Å². The molecular weight excluding hydrogens is 492 g/mol. The van der Waals surface area contributed by atoms with E-state index in [1.807, 2.05) is 0 Å². The average molecular weight is 506 g/mol. The molecule has 0 amide bonds. The van der Waals surface area contributed by atoms with Crippen molar-refractivity contribution in [2.24, 2.45) is 0 Å². The van der Waals surface area contributed by atoms with Crippen molar-refractivity contribution in [1.29, 1.82) is 0 Å². The van der Waals surface area contributed by atoms with E-state index in [-0.39, 0.29) is 6.71 Å². The summed E-state index contributed by atoms with van der Waals surface area (Å²) in [5, 5.41) is 4.24. The maximum absolute atomic E-state index is 7.13. The Labute approximate surface area is 224 Å². The summed E-state index contributed by atoms with van der Waals surface area (Å²) in [7, 11) is 2.67. The van der Waals surface area contributed by atoms with Gasteiger partial charge in [-0.25, -0.2) is 0 Å². The predicted molar refractivity (Wildman–Crippen MR) is 175 cm³/mol. The molecule has 7 fully saturated rings. The monoisotopic (exact) mass is 507 g/mol. The molecule has 4 aromatic carbocycles. The molecule has 14 heteroatoms. The molecule has 3 nitrogen and oxygen atoms in total. The normalized spacial score (nSPS) is 27.1. The van der Waals surface area contributed by atoms with Gasteiger partial charge >= 0.3 is 225 Å². The second-order valence-corrected chi connectivity index (χ2v) is 23.7. The average Bonchev–Trinajstić information content (AvgIpc) is 3.89. The molecule has 1 spiro atoms. The molecule has 5 aromatic rings. The number of rotatable bonds is 3. The minimum atomic E-state index is -2.07. The molecule has 9 aliphatic heterocycles. The topological polar surface area (TPSA) is 26.2 Å². The van der Waals surface area contributed by atoms with E-state index in [9.17, 15) is 0 Å². The molecular formula is C24H14B9N2OP2-2. The van der Waals surface area contributed by atoms with Gasteiger partial charge in [-0.15, -0.1) is 0 Å². The molecule has 1 N–H and O–H groups in total. The Morgan fingerprint density at radius 2 is 1.66 bits per heavy atom. The van der Waals surface area contributed by atoms with Crippen LogP contribution in [0.25, 0.3) is 27.5 Å².